The lowest BCUT2D eigenvalue weighted by molar-refractivity contribution is 0.474. The predicted octanol–water partition coefficient (Wildman–Crippen LogP) is 3.70. The van der Waals surface area contributed by atoms with Gasteiger partial charge in [-0.15, -0.1) is 11.8 Å². The van der Waals surface area contributed by atoms with Gasteiger partial charge in [-0.05, 0) is 49.4 Å². The van der Waals surface area contributed by atoms with Crippen LogP contribution in [0.3, 0.4) is 0 Å². The van der Waals surface area contributed by atoms with Crippen molar-refractivity contribution in [3.8, 4) is 0 Å². The molecule has 4 nitrogen and oxygen atoms in total. The van der Waals surface area contributed by atoms with Crippen molar-refractivity contribution in [1.82, 2.24) is 15.2 Å². The van der Waals surface area contributed by atoms with Crippen LogP contribution in [-0.2, 0) is 6.42 Å². The Morgan fingerprint density at radius 2 is 2.15 bits per heavy atom. The molecule has 1 N–H and O–H groups in total. The number of pyridine rings is 1. The van der Waals surface area contributed by atoms with E-state index in [9.17, 15) is 0 Å². The summed E-state index contributed by atoms with van der Waals surface area (Å²) < 4.78 is 0. The molecule has 1 aromatic heterocycles. The van der Waals surface area contributed by atoms with Crippen molar-refractivity contribution >= 4 is 17.7 Å². The number of aromatic nitrogens is 1. The number of guanidine groups is 1. The molecule has 1 saturated heterocycles. The zero-order chi connectivity index (χ0) is 18.0. The number of likely N-dealkylation sites (tertiary alicyclic amines) is 1. The molecule has 1 unspecified atom stereocenters. The third kappa shape index (κ3) is 5.77. The molecule has 0 bridgehead atoms. The second-order valence-corrected chi connectivity index (χ2v) is 7.67. The first-order valence-corrected chi connectivity index (χ1v) is 10.4. The minimum atomic E-state index is 0.724. The zero-order valence-corrected chi connectivity index (χ0v) is 16.3. The maximum Gasteiger partial charge on any atom is 0.193 e. The van der Waals surface area contributed by atoms with Gasteiger partial charge >= 0.3 is 0 Å². The van der Waals surface area contributed by atoms with Gasteiger partial charge in [0.15, 0.2) is 5.96 Å². The second kappa shape index (κ2) is 10.2. The van der Waals surface area contributed by atoms with E-state index in [0.29, 0.717) is 0 Å². The molecule has 26 heavy (non-hydrogen) atoms. The van der Waals surface area contributed by atoms with Gasteiger partial charge in [0.1, 0.15) is 0 Å². The Bertz CT molecular complexity index is 675. The van der Waals surface area contributed by atoms with E-state index >= 15 is 0 Å². The standard InChI is InChI=1S/C21H28N4S/c1-2-23-21(24-13-10-18-7-6-12-22-15-18)25-14-11-19(16-25)17-26-20-8-4-3-5-9-20/h3-9,12,15,19H,2,10-11,13-14,16-17H2,1H3,(H,23,24). The number of thioether (sulfide) groups is 1. The number of nitrogens with zero attached hydrogens (tertiary/aromatic N) is 3. The minimum Gasteiger partial charge on any atom is -0.357 e. The zero-order valence-electron chi connectivity index (χ0n) is 15.5. The molecule has 0 spiro atoms. The Kier molecular flexibility index (Phi) is 7.37. The summed E-state index contributed by atoms with van der Waals surface area (Å²) in [6.45, 7) is 6.03. The number of benzene rings is 1. The molecule has 5 heteroatoms. The summed E-state index contributed by atoms with van der Waals surface area (Å²) in [6.07, 6.45) is 5.92. The molecule has 3 rings (SSSR count). The van der Waals surface area contributed by atoms with Crippen molar-refractivity contribution < 1.29 is 0 Å². The molecule has 1 fully saturated rings. The van der Waals surface area contributed by atoms with Crippen molar-refractivity contribution in [2.45, 2.75) is 24.7 Å². The summed E-state index contributed by atoms with van der Waals surface area (Å²) >= 11 is 1.97. The van der Waals surface area contributed by atoms with Gasteiger partial charge in [0.2, 0.25) is 0 Å². The Hall–Kier alpha value is -2.01. The number of hydrogen-bond acceptors (Lipinski definition) is 3. The Morgan fingerprint density at radius 1 is 1.27 bits per heavy atom. The van der Waals surface area contributed by atoms with Gasteiger partial charge in [-0.3, -0.25) is 9.98 Å². The molecule has 1 atom stereocenters. The number of nitrogens with one attached hydrogen (secondary N) is 1. The van der Waals surface area contributed by atoms with Crippen molar-refractivity contribution in [3.05, 3.63) is 60.4 Å². The van der Waals surface area contributed by atoms with E-state index in [1.54, 1.807) is 0 Å². The van der Waals surface area contributed by atoms with Gasteiger partial charge in [0, 0.05) is 49.2 Å². The number of hydrogen-bond donors (Lipinski definition) is 1. The van der Waals surface area contributed by atoms with Crippen LogP contribution in [0, 0.1) is 5.92 Å². The highest BCUT2D eigenvalue weighted by atomic mass is 32.2. The number of aliphatic imine (C=N–C) groups is 1. The SMILES string of the molecule is CCNC(=NCCc1cccnc1)N1CCC(CSc2ccccc2)C1. The summed E-state index contributed by atoms with van der Waals surface area (Å²) in [5, 5.41) is 3.46. The number of rotatable bonds is 7. The van der Waals surface area contributed by atoms with Gasteiger partial charge in [-0.2, -0.15) is 0 Å². The van der Waals surface area contributed by atoms with Crippen molar-refractivity contribution in [1.29, 1.82) is 0 Å². The first-order valence-electron chi connectivity index (χ1n) is 9.45. The quantitative estimate of drug-likeness (QED) is 0.460. The lowest BCUT2D eigenvalue weighted by Crippen LogP contribution is -2.40. The Morgan fingerprint density at radius 3 is 2.92 bits per heavy atom. The molecular weight excluding hydrogens is 340 g/mol. The van der Waals surface area contributed by atoms with E-state index < -0.39 is 0 Å². The average molecular weight is 369 g/mol. The summed E-state index contributed by atoms with van der Waals surface area (Å²) in [6, 6.07) is 14.8. The maximum atomic E-state index is 4.84. The van der Waals surface area contributed by atoms with Gasteiger partial charge in [-0.25, -0.2) is 0 Å². The molecule has 0 radical (unpaired) electrons. The molecule has 2 heterocycles. The molecule has 2 aromatic rings. The van der Waals surface area contributed by atoms with Gasteiger partial charge in [0.25, 0.3) is 0 Å². The highest BCUT2D eigenvalue weighted by molar-refractivity contribution is 7.99. The molecule has 0 amide bonds. The van der Waals surface area contributed by atoms with E-state index in [-0.39, 0.29) is 0 Å². The highest BCUT2D eigenvalue weighted by Gasteiger charge is 2.24. The van der Waals surface area contributed by atoms with Crippen LogP contribution in [0.1, 0.15) is 18.9 Å². The maximum absolute atomic E-state index is 4.84. The molecule has 1 aliphatic rings. The lowest BCUT2D eigenvalue weighted by Gasteiger charge is -2.21. The van der Waals surface area contributed by atoms with Crippen LogP contribution in [0.25, 0.3) is 0 Å². The Balaban J connectivity index is 1.49. The fraction of sp³-hybridized carbons (Fsp3) is 0.429. The summed E-state index contributed by atoms with van der Waals surface area (Å²) in [4.78, 5) is 12.8. The molecule has 0 aliphatic carbocycles. The summed E-state index contributed by atoms with van der Waals surface area (Å²) in [7, 11) is 0. The molecule has 138 valence electrons. The van der Waals surface area contributed by atoms with Crippen LogP contribution in [0.5, 0.6) is 0 Å². The average Bonchev–Trinajstić information content (AvgIpc) is 3.16. The lowest BCUT2D eigenvalue weighted by atomic mass is 10.2. The third-order valence-corrected chi connectivity index (χ3v) is 5.78. The van der Waals surface area contributed by atoms with Crippen molar-refractivity contribution in [2.75, 3.05) is 31.9 Å². The topological polar surface area (TPSA) is 40.5 Å². The third-order valence-electron chi connectivity index (χ3n) is 4.53. The van der Waals surface area contributed by atoms with Crippen LogP contribution >= 0.6 is 11.8 Å². The normalized spacial score (nSPS) is 17.5. The van der Waals surface area contributed by atoms with E-state index in [4.69, 9.17) is 4.99 Å². The van der Waals surface area contributed by atoms with Gasteiger partial charge in [0.05, 0.1) is 0 Å². The molecule has 0 saturated carbocycles. The molecular formula is C21H28N4S. The summed E-state index contributed by atoms with van der Waals surface area (Å²) in [5.41, 5.74) is 1.24. The van der Waals surface area contributed by atoms with Crippen LogP contribution in [0.15, 0.2) is 64.7 Å². The molecule has 1 aromatic carbocycles. The first kappa shape index (κ1) is 18.8. The highest BCUT2D eigenvalue weighted by Crippen LogP contribution is 2.25. The van der Waals surface area contributed by atoms with Crippen molar-refractivity contribution in [3.63, 3.8) is 0 Å². The van der Waals surface area contributed by atoms with E-state index in [2.05, 4.69) is 58.5 Å². The largest absolute Gasteiger partial charge is 0.357 e. The van der Waals surface area contributed by atoms with Crippen LogP contribution in [0.2, 0.25) is 0 Å². The predicted molar refractivity (Wildman–Crippen MR) is 111 cm³/mol. The van der Waals surface area contributed by atoms with E-state index in [0.717, 1.165) is 44.5 Å². The van der Waals surface area contributed by atoms with Crippen molar-refractivity contribution in [2.24, 2.45) is 10.9 Å². The van der Waals surface area contributed by atoms with E-state index in [1.807, 2.05) is 30.2 Å². The smallest absolute Gasteiger partial charge is 0.193 e. The fourth-order valence-corrected chi connectivity index (χ4v) is 4.20. The Labute approximate surface area is 161 Å². The van der Waals surface area contributed by atoms with Crippen LogP contribution in [0.4, 0.5) is 0 Å². The summed E-state index contributed by atoms with van der Waals surface area (Å²) in [5.74, 6) is 2.96. The molecule has 1 aliphatic heterocycles. The van der Waals surface area contributed by atoms with Crippen LogP contribution in [-0.4, -0.2) is 47.8 Å². The second-order valence-electron chi connectivity index (χ2n) is 6.57. The fourth-order valence-electron chi connectivity index (χ4n) is 3.15. The van der Waals surface area contributed by atoms with Crippen LogP contribution < -0.4 is 5.32 Å². The first-order chi connectivity index (χ1) is 12.8. The monoisotopic (exact) mass is 368 g/mol. The minimum absolute atomic E-state index is 0.724. The van der Waals surface area contributed by atoms with E-state index in [1.165, 1.54) is 22.6 Å². The van der Waals surface area contributed by atoms with Gasteiger partial charge in [-0.1, -0.05) is 24.3 Å². The van der Waals surface area contributed by atoms with Gasteiger partial charge < -0.3 is 10.2 Å².